The van der Waals surface area contributed by atoms with E-state index in [9.17, 15) is 18.4 Å². The molecule has 0 heterocycles. The fraction of sp³-hybridized carbons (Fsp3) is 0.846. The molecule has 1 saturated carbocycles. The highest BCUT2D eigenvalue weighted by Crippen LogP contribution is 2.36. The van der Waals surface area contributed by atoms with Crippen molar-refractivity contribution >= 4 is 11.9 Å². The summed E-state index contributed by atoms with van der Waals surface area (Å²) in [6.07, 6.45) is -0.643. The lowest BCUT2D eigenvalue weighted by Gasteiger charge is -2.33. The minimum atomic E-state index is -2.69. The van der Waals surface area contributed by atoms with Gasteiger partial charge in [0.2, 0.25) is 11.8 Å². The van der Waals surface area contributed by atoms with Crippen LogP contribution in [0.4, 0.5) is 8.78 Å². The van der Waals surface area contributed by atoms with E-state index < -0.39 is 23.3 Å². The van der Waals surface area contributed by atoms with Crippen molar-refractivity contribution in [1.82, 2.24) is 5.32 Å². The second-order valence-corrected chi connectivity index (χ2v) is 5.68. The summed E-state index contributed by atoms with van der Waals surface area (Å²) in [7, 11) is 1.41. The van der Waals surface area contributed by atoms with Crippen molar-refractivity contribution < 1.29 is 28.2 Å². The maximum absolute atomic E-state index is 13.0. The molecule has 1 fully saturated rings. The lowest BCUT2D eigenvalue weighted by molar-refractivity contribution is -0.140. The summed E-state index contributed by atoms with van der Waals surface area (Å²) < 4.78 is 31.0. The Kier molecular flexibility index (Phi) is 5.44. The van der Waals surface area contributed by atoms with Crippen LogP contribution in [-0.4, -0.2) is 42.2 Å². The van der Waals surface area contributed by atoms with Crippen molar-refractivity contribution in [2.45, 2.75) is 50.5 Å². The van der Waals surface area contributed by atoms with Crippen LogP contribution in [0.1, 0.15) is 39.0 Å². The van der Waals surface area contributed by atoms with Crippen LogP contribution in [0.5, 0.6) is 0 Å². The van der Waals surface area contributed by atoms with Gasteiger partial charge in [0.15, 0.2) is 0 Å². The van der Waals surface area contributed by atoms with Gasteiger partial charge < -0.3 is 15.2 Å². The molecule has 0 aliphatic heterocycles. The number of halogens is 2. The standard InChI is InChI=1S/C13H21F2NO4/c1-12(8-20-2,7-10(17)18)16-11(19)9-3-5-13(14,15)6-4-9/h9H,3-8H2,1-2H3,(H,16,19)(H,17,18). The second kappa shape index (κ2) is 6.47. The number of carboxylic acids is 1. The number of carbonyl (C=O) groups is 2. The topological polar surface area (TPSA) is 75.6 Å². The van der Waals surface area contributed by atoms with Crippen LogP contribution in [0, 0.1) is 5.92 Å². The molecule has 0 aromatic heterocycles. The molecule has 1 aliphatic carbocycles. The van der Waals surface area contributed by atoms with Crippen LogP contribution in [0.2, 0.25) is 0 Å². The summed E-state index contributed by atoms with van der Waals surface area (Å²) in [5.41, 5.74) is -1.03. The number of methoxy groups -OCH3 is 1. The Morgan fingerprint density at radius 1 is 1.40 bits per heavy atom. The first-order chi connectivity index (χ1) is 9.17. The molecule has 20 heavy (non-hydrogen) atoms. The molecule has 1 amide bonds. The van der Waals surface area contributed by atoms with E-state index in [1.165, 1.54) is 7.11 Å². The first-order valence-corrected chi connectivity index (χ1v) is 6.58. The average molecular weight is 293 g/mol. The molecule has 1 rings (SSSR count). The van der Waals surface area contributed by atoms with E-state index in [1.54, 1.807) is 6.92 Å². The minimum Gasteiger partial charge on any atom is -0.481 e. The van der Waals surface area contributed by atoms with Gasteiger partial charge in [0.05, 0.1) is 18.6 Å². The van der Waals surface area contributed by atoms with Crippen molar-refractivity contribution in [2.75, 3.05) is 13.7 Å². The normalized spacial score (nSPS) is 22.0. The number of aliphatic carboxylic acids is 1. The average Bonchev–Trinajstić information content (AvgIpc) is 2.27. The van der Waals surface area contributed by atoms with Crippen molar-refractivity contribution in [3.05, 3.63) is 0 Å². The number of rotatable bonds is 6. The SMILES string of the molecule is COCC(C)(CC(=O)O)NC(=O)C1CCC(F)(F)CC1. The van der Waals surface area contributed by atoms with Crippen LogP contribution in [-0.2, 0) is 14.3 Å². The summed E-state index contributed by atoms with van der Waals surface area (Å²) in [6, 6.07) is 0. The van der Waals surface area contributed by atoms with Crippen LogP contribution >= 0.6 is 0 Å². The molecule has 0 aromatic carbocycles. The molecule has 0 aromatic rings. The van der Waals surface area contributed by atoms with Crippen LogP contribution in [0.3, 0.4) is 0 Å². The van der Waals surface area contributed by atoms with Crippen molar-refractivity contribution in [2.24, 2.45) is 5.92 Å². The van der Waals surface area contributed by atoms with Crippen LogP contribution in [0.15, 0.2) is 0 Å². The highest BCUT2D eigenvalue weighted by atomic mass is 19.3. The summed E-state index contributed by atoms with van der Waals surface area (Å²) in [6.45, 7) is 1.62. The first-order valence-electron chi connectivity index (χ1n) is 6.58. The Labute approximate surface area is 116 Å². The Morgan fingerprint density at radius 2 is 1.95 bits per heavy atom. The monoisotopic (exact) mass is 293 g/mol. The fourth-order valence-corrected chi connectivity index (χ4v) is 2.49. The molecule has 116 valence electrons. The van der Waals surface area contributed by atoms with Gasteiger partial charge in [0, 0.05) is 25.9 Å². The third-order valence-electron chi connectivity index (χ3n) is 3.52. The number of hydrogen-bond donors (Lipinski definition) is 2. The smallest absolute Gasteiger partial charge is 0.305 e. The number of carboxylic acid groups (broad SMARTS) is 1. The van der Waals surface area contributed by atoms with Gasteiger partial charge in [-0.05, 0) is 19.8 Å². The predicted octanol–water partition coefficient (Wildman–Crippen LogP) is 1.81. The van der Waals surface area contributed by atoms with Gasteiger partial charge in [-0.15, -0.1) is 0 Å². The molecule has 7 heteroatoms. The van der Waals surface area contributed by atoms with Gasteiger partial charge in [0.1, 0.15) is 0 Å². The lowest BCUT2D eigenvalue weighted by Crippen LogP contribution is -2.53. The maximum atomic E-state index is 13.0. The number of alkyl halides is 2. The van der Waals surface area contributed by atoms with Gasteiger partial charge in [-0.1, -0.05) is 0 Å². The predicted molar refractivity (Wildman–Crippen MR) is 67.6 cm³/mol. The molecule has 0 bridgehead atoms. The van der Waals surface area contributed by atoms with Gasteiger partial charge >= 0.3 is 5.97 Å². The van der Waals surface area contributed by atoms with E-state index in [4.69, 9.17) is 9.84 Å². The maximum Gasteiger partial charge on any atom is 0.305 e. The number of nitrogens with one attached hydrogen (secondary N) is 1. The minimum absolute atomic E-state index is 0.0495. The van der Waals surface area contributed by atoms with E-state index in [1.807, 2.05) is 0 Å². The Hall–Kier alpha value is -1.24. The lowest BCUT2D eigenvalue weighted by atomic mass is 9.85. The van der Waals surface area contributed by atoms with E-state index >= 15 is 0 Å². The summed E-state index contributed by atoms with van der Waals surface area (Å²) >= 11 is 0. The Balaban J connectivity index is 2.60. The Morgan fingerprint density at radius 3 is 2.40 bits per heavy atom. The molecule has 0 radical (unpaired) electrons. The van der Waals surface area contributed by atoms with Gasteiger partial charge in [-0.25, -0.2) is 8.78 Å². The van der Waals surface area contributed by atoms with Crippen molar-refractivity contribution in [3.63, 3.8) is 0 Å². The van der Waals surface area contributed by atoms with E-state index in [0.29, 0.717) is 0 Å². The van der Waals surface area contributed by atoms with Crippen LogP contribution < -0.4 is 5.32 Å². The molecule has 2 N–H and O–H groups in total. The van der Waals surface area contributed by atoms with Crippen molar-refractivity contribution in [3.8, 4) is 0 Å². The van der Waals surface area contributed by atoms with Gasteiger partial charge in [0.25, 0.3) is 0 Å². The van der Waals surface area contributed by atoms with E-state index in [2.05, 4.69) is 5.32 Å². The van der Waals surface area contributed by atoms with E-state index in [-0.39, 0.29) is 44.6 Å². The molecular formula is C13H21F2NO4. The fourth-order valence-electron chi connectivity index (χ4n) is 2.49. The molecule has 5 nitrogen and oxygen atoms in total. The summed E-state index contributed by atoms with van der Waals surface area (Å²) in [4.78, 5) is 22.9. The third kappa shape index (κ3) is 5.03. The third-order valence-corrected chi connectivity index (χ3v) is 3.52. The Bertz CT molecular complexity index is 365. The molecule has 0 saturated heterocycles. The second-order valence-electron chi connectivity index (χ2n) is 5.68. The number of ether oxygens (including phenoxy) is 1. The number of amides is 1. The van der Waals surface area contributed by atoms with Crippen molar-refractivity contribution in [1.29, 1.82) is 0 Å². The number of hydrogen-bond acceptors (Lipinski definition) is 3. The summed E-state index contributed by atoms with van der Waals surface area (Å²) in [5, 5.41) is 11.5. The largest absolute Gasteiger partial charge is 0.481 e. The molecule has 1 unspecified atom stereocenters. The zero-order valence-electron chi connectivity index (χ0n) is 11.7. The van der Waals surface area contributed by atoms with Gasteiger partial charge in [-0.2, -0.15) is 0 Å². The highest BCUT2D eigenvalue weighted by Gasteiger charge is 2.39. The molecule has 1 aliphatic rings. The van der Waals surface area contributed by atoms with E-state index in [0.717, 1.165) is 0 Å². The summed E-state index contributed by atoms with van der Waals surface area (Å²) in [5.74, 6) is -4.60. The quantitative estimate of drug-likeness (QED) is 0.783. The first kappa shape index (κ1) is 16.8. The zero-order chi connectivity index (χ0) is 15.4. The highest BCUT2D eigenvalue weighted by molar-refractivity contribution is 5.80. The molecular weight excluding hydrogens is 272 g/mol. The van der Waals surface area contributed by atoms with Gasteiger partial charge in [-0.3, -0.25) is 9.59 Å². The molecule has 0 spiro atoms. The molecule has 1 atom stereocenters. The number of carbonyl (C=O) groups excluding carboxylic acids is 1. The van der Waals surface area contributed by atoms with Crippen LogP contribution in [0.25, 0.3) is 0 Å². The zero-order valence-corrected chi connectivity index (χ0v) is 11.7.